The van der Waals surface area contributed by atoms with Crippen LogP contribution in [0, 0.1) is 5.92 Å². The molecule has 0 bridgehead atoms. The Morgan fingerprint density at radius 3 is 2.23 bits per heavy atom. The minimum Gasteiger partial charge on any atom is -0.480 e. The number of nitrogens with one attached hydrogen (secondary N) is 2. The monoisotopic (exact) mass is 352 g/mol. The van der Waals surface area contributed by atoms with Gasteiger partial charge in [-0.05, 0) is 42.7 Å². The summed E-state index contributed by atoms with van der Waals surface area (Å²) in [6.07, 6.45) is 2.05. The van der Waals surface area contributed by atoms with Crippen molar-refractivity contribution < 1.29 is 19.5 Å². The standard InChI is InChI=1S/C20H20N2O4/c23-18(14-6-7-14)21-16-10-8-15(9-11-16)19(24)22-17(20(25)26)12-13-4-2-1-3-5-13/h1-5,8-11,14,17H,6-7,12H2,(H,21,23)(H,22,24)(H,25,26). The second kappa shape index (κ2) is 7.82. The minimum absolute atomic E-state index is 0.00370. The number of hydrogen-bond acceptors (Lipinski definition) is 3. The second-order valence-electron chi connectivity index (χ2n) is 6.39. The van der Waals surface area contributed by atoms with E-state index < -0.39 is 17.9 Å². The number of carboxylic acids is 1. The van der Waals surface area contributed by atoms with Gasteiger partial charge in [0.25, 0.3) is 5.91 Å². The first-order valence-electron chi connectivity index (χ1n) is 8.51. The largest absolute Gasteiger partial charge is 0.480 e. The molecule has 3 rings (SSSR count). The van der Waals surface area contributed by atoms with Crippen LogP contribution in [0.3, 0.4) is 0 Å². The molecule has 6 heteroatoms. The van der Waals surface area contributed by atoms with Crippen LogP contribution in [0.4, 0.5) is 5.69 Å². The highest BCUT2D eigenvalue weighted by Gasteiger charge is 2.29. The normalized spacial score (nSPS) is 14.3. The number of benzene rings is 2. The molecule has 0 saturated heterocycles. The molecule has 0 spiro atoms. The van der Waals surface area contributed by atoms with Gasteiger partial charge >= 0.3 is 5.97 Å². The molecule has 6 nitrogen and oxygen atoms in total. The Kier molecular flexibility index (Phi) is 5.31. The van der Waals surface area contributed by atoms with Crippen molar-refractivity contribution in [3.8, 4) is 0 Å². The van der Waals surface area contributed by atoms with E-state index >= 15 is 0 Å². The Morgan fingerprint density at radius 1 is 1.00 bits per heavy atom. The van der Waals surface area contributed by atoms with Crippen LogP contribution in [0.25, 0.3) is 0 Å². The zero-order valence-corrected chi connectivity index (χ0v) is 14.1. The van der Waals surface area contributed by atoms with E-state index in [2.05, 4.69) is 10.6 Å². The van der Waals surface area contributed by atoms with Crippen molar-refractivity contribution in [3.05, 3.63) is 65.7 Å². The van der Waals surface area contributed by atoms with Gasteiger partial charge in [-0.25, -0.2) is 4.79 Å². The number of rotatable bonds is 7. The summed E-state index contributed by atoms with van der Waals surface area (Å²) < 4.78 is 0. The highest BCUT2D eigenvalue weighted by Crippen LogP contribution is 2.30. The smallest absolute Gasteiger partial charge is 0.326 e. The Morgan fingerprint density at radius 2 is 1.65 bits per heavy atom. The van der Waals surface area contributed by atoms with Crippen molar-refractivity contribution in [3.63, 3.8) is 0 Å². The van der Waals surface area contributed by atoms with E-state index in [0.29, 0.717) is 11.3 Å². The van der Waals surface area contributed by atoms with Crippen molar-refractivity contribution in [2.75, 3.05) is 5.32 Å². The first-order valence-corrected chi connectivity index (χ1v) is 8.51. The molecule has 0 aromatic heterocycles. The highest BCUT2D eigenvalue weighted by molar-refractivity contribution is 5.98. The van der Waals surface area contributed by atoms with E-state index in [1.807, 2.05) is 30.3 Å². The van der Waals surface area contributed by atoms with Crippen molar-refractivity contribution >= 4 is 23.5 Å². The molecule has 3 N–H and O–H groups in total. The molecule has 134 valence electrons. The molecule has 1 saturated carbocycles. The maximum atomic E-state index is 12.3. The number of amides is 2. The van der Waals surface area contributed by atoms with Crippen LogP contribution in [0.5, 0.6) is 0 Å². The summed E-state index contributed by atoms with van der Waals surface area (Å²) in [5.41, 5.74) is 1.80. The van der Waals surface area contributed by atoms with Gasteiger partial charge in [-0.2, -0.15) is 0 Å². The molecule has 2 aromatic carbocycles. The fourth-order valence-electron chi connectivity index (χ4n) is 2.59. The van der Waals surface area contributed by atoms with Crippen LogP contribution in [0.1, 0.15) is 28.8 Å². The van der Waals surface area contributed by atoms with Gasteiger partial charge in [-0.15, -0.1) is 0 Å². The molecular weight excluding hydrogens is 332 g/mol. The topological polar surface area (TPSA) is 95.5 Å². The molecule has 1 fully saturated rings. The first kappa shape index (κ1) is 17.7. The number of carbonyl (C=O) groups is 3. The first-order chi connectivity index (χ1) is 12.5. The maximum absolute atomic E-state index is 12.3. The molecule has 2 amide bonds. The molecule has 1 aliphatic carbocycles. The lowest BCUT2D eigenvalue weighted by molar-refractivity contribution is -0.139. The van der Waals surface area contributed by atoms with Crippen LogP contribution in [0.15, 0.2) is 54.6 Å². The number of anilines is 1. The average molecular weight is 352 g/mol. The zero-order valence-electron chi connectivity index (χ0n) is 14.1. The molecule has 1 unspecified atom stereocenters. The molecule has 2 aromatic rings. The van der Waals surface area contributed by atoms with E-state index in [-0.39, 0.29) is 18.2 Å². The summed E-state index contributed by atoms with van der Waals surface area (Å²) in [7, 11) is 0. The van der Waals surface area contributed by atoms with E-state index in [4.69, 9.17) is 0 Å². The van der Waals surface area contributed by atoms with Crippen molar-refractivity contribution in [2.24, 2.45) is 5.92 Å². The Labute approximate surface area is 151 Å². The number of carbonyl (C=O) groups excluding carboxylic acids is 2. The summed E-state index contributed by atoms with van der Waals surface area (Å²) in [6.45, 7) is 0. The highest BCUT2D eigenvalue weighted by atomic mass is 16.4. The van der Waals surface area contributed by atoms with Crippen LogP contribution >= 0.6 is 0 Å². The Balaban J connectivity index is 1.61. The molecule has 1 atom stereocenters. The van der Waals surface area contributed by atoms with Gasteiger partial charge in [0.1, 0.15) is 6.04 Å². The van der Waals surface area contributed by atoms with Gasteiger partial charge in [0, 0.05) is 23.6 Å². The van der Waals surface area contributed by atoms with Gasteiger partial charge in [0.05, 0.1) is 0 Å². The fourth-order valence-corrected chi connectivity index (χ4v) is 2.59. The number of hydrogen-bond donors (Lipinski definition) is 3. The van der Waals surface area contributed by atoms with Crippen LogP contribution < -0.4 is 10.6 Å². The number of aliphatic carboxylic acids is 1. The summed E-state index contributed by atoms with van der Waals surface area (Å²) in [4.78, 5) is 35.5. The molecule has 0 aliphatic heterocycles. The zero-order chi connectivity index (χ0) is 18.5. The van der Waals surface area contributed by atoms with Crippen molar-refractivity contribution in [1.82, 2.24) is 5.32 Å². The molecule has 0 radical (unpaired) electrons. The lowest BCUT2D eigenvalue weighted by Gasteiger charge is -2.15. The lowest BCUT2D eigenvalue weighted by Crippen LogP contribution is -2.42. The van der Waals surface area contributed by atoms with Gasteiger partial charge in [0.2, 0.25) is 5.91 Å². The van der Waals surface area contributed by atoms with Gasteiger partial charge in [0.15, 0.2) is 0 Å². The Bertz CT molecular complexity index is 798. The van der Waals surface area contributed by atoms with E-state index in [0.717, 1.165) is 18.4 Å². The SMILES string of the molecule is O=C(NC(Cc1ccccc1)C(=O)O)c1ccc(NC(=O)C2CC2)cc1. The van der Waals surface area contributed by atoms with Crippen LogP contribution in [-0.4, -0.2) is 28.9 Å². The summed E-state index contributed by atoms with van der Waals surface area (Å²) >= 11 is 0. The Hall–Kier alpha value is -3.15. The lowest BCUT2D eigenvalue weighted by atomic mass is 10.1. The van der Waals surface area contributed by atoms with Crippen molar-refractivity contribution in [1.29, 1.82) is 0 Å². The molecular formula is C20H20N2O4. The van der Waals surface area contributed by atoms with Crippen LogP contribution in [-0.2, 0) is 16.0 Å². The van der Waals surface area contributed by atoms with Crippen molar-refractivity contribution in [2.45, 2.75) is 25.3 Å². The molecule has 1 aliphatic rings. The summed E-state index contributed by atoms with van der Waals surface area (Å²) in [5.74, 6) is -1.45. The minimum atomic E-state index is -1.09. The van der Waals surface area contributed by atoms with Crippen LogP contribution in [0.2, 0.25) is 0 Å². The van der Waals surface area contributed by atoms with Gasteiger partial charge in [-0.3, -0.25) is 9.59 Å². The fraction of sp³-hybridized carbons (Fsp3) is 0.250. The third kappa shape index (κ3) is 4.69. The second-order valence-corrected chi connectivity index (χ2v) is 6.39. The van der Waals surface area contributed by atoms with Gasteiger partial charge in [-0.1, -0.05) is 30.3 Å². The molecule has 26 heavy (non-hydrogen) atoms. The molecule has 0 heterocycles. The quantitative estimate of drug-likeness (QED) is 0.713. The third-order valence-electron chi connectivity index (χ3n) is 4.25. The summed E-state index contributed by atoms with van der Waals surface area (Å²) in [6, 6.07) is 14.5. The predicted octanol–water partition coefficient (Wildman–Crippen LogP) is 2.46. The van der Waals surface area contributed by atoms with Gasteiger partial charge < -0.3 is 15.7 Å². The number of carboxylic acid groups (broad SMARTS) is 1. The van der Waals surface area contributed by atoms with E-state index in [1.54, 1.807) is 24.3 Å². The van der Waals surface area contributed by atoms with E-state index in [9.17, 15) is 19.5 Å². The third-order valence-corrected chi connectivity index (χ3v) is 4.25. The predicted molar refractivity (Wildman–Crippen MR) is 96.8 cm³/mol. The maximum Gasteiger partial charge on any atom is 0.326 e. The summed E-state index contributed by atoms with van der Waals surface area (Å²) in [5, 5.41) is 14.7. The van der Waals surface area contributed by atoms with E-state index in [1.165, 1.54) is 0 Å². The average Bonchev–Trinajstić information content (AvgIpc) is 3.47.